The van der Waals surface area contributed by atoms with Crippen molar-refractivity contribution in [3.05, 3.63) is 29.3 Å². The van der Waals surface area contributed by atoms with E-state index in [4.69, 9.17) is 12.2 Å². The summed E-state index contributed by atoms with van der Waals surface area (Å²) in [5, 5.41) is 0. The Morgan fingerprint density at radius 1 is 1.53 bits per heavy atom. The predicted molar refractivity (Wildman–Crippen MR) is 70.6 cm³/mol. The molecule has 0 unspecified atom stereocenters. The molecular formula is C14H18N2O. The van der Waals surface area contributed by atoms with Crippen LogP contribution in [0.25, 0.3) is 0 Å². The molecule has 90 valence electrons. The van der Waals surface area contributed by atoms with Crippen molar-refractivity contribution in [3.63, 3.8) is 0 Å². The number of terminal acetylenes is 1. The molecule has 0 aliphatic carbocycles. The first kappa shape index (κ1) is 13.1. The summed E-state index contributed by atoms with van der Waals surface area (Å²) < 4.78 is 0. The van der Waals surface area contributed by atoms with E-state index in [2.05, 4.69) is 5.92 Å². The van der Waals surface area contributed by atoms with E-state index in [0.29, 0.717) is 24.3 Å². The molecule has 2 N–H and O–H groups in total. The number of nitrogens with two attached hydrogens (primary N) is 1. The van der Waals surface area contributed by atoms with Crippen molar-refractivity contribution in [3.8, 4) is 12.3 Å². The summed E-state index contributed by atoms with van der Waals surface area (Å²) in [7, 11) is 0. The summed E-state index contributed by atoms with van der Waals surface area (Å²) in [4.78, 5) is 13.9. The van der Waals surface area contributed by atoms with E-state index >= 15 is 0 Å². The topological polar surface area (TPSA) is 46.3 Å². The third-order valence-electron chi connectivity index (χ3n) is 2.67. The predicted octanol–water partition coefficient (Wildman–Crippen LogP) is 2.06. The zero-order valence-corrected chi connectivity index (χ0v) is 10.4. The van der Waals surface area contributed by atoms with Crippen LogP contribution in [0.1, 0.15) is 29.3 Å². The molecular weight excluding hydrogens is 212 g/mol. The zero-order valence-electron chi connectivity index (χ0n) is 10.4. The largest absolute Gasteiger partial charge is 0.398 e. The maximum Gasteiger partial charge on any atom is 0.254 e. The SMILES string of the molecule is C#CCN(CCC)C(=O)c1cccc(N)c1C. The Kier molecular flexibility index (Phi) is 4.59. The molecule has 3 nitrogen and oxygen atoms in total. The van der Waals surface area contributed by atoms with Gasteiger partial charge in [-0.3, -0.25) is 4.79 Å². The van der Waals surface area contributed by atoms with Crippen molar-refractivity contribution in [1.29, 1.82) is 0 Å². The number of amides is 1. The van der Waals surface area contributed by atoms with Crippen molar-refractivity contribution in [2.45, 2.75) is 20.3 Å². The molecule has 0 radical (unpaired) electrons. The quantitative estimate of drug-likeness (QED) is 0.635. The number of rotatable bonds is 4. The third-order valence-corrected chi connectivity index (χ3v) is 2.67. The average Bonchev–Trinajstić information content (AvgIpc) is 2.31. The minimum atomic E-state index is -0.0467. The number of carbonyl (C=O) groups is 1. The third kappa shape index (κ3) is 3.01. The number of nitrogen functional groups attached to an aromatic ring is 1. The lowest BCUT2D eigenvalue weighted by Crippen LogP contribution is -2.32. The minimum absolute atomic E-state index is 0.0467. The number of hydrogen-bond donors (Lipinski definition) is 1. The summed E-state index contributed by atoms with van der Waals surface area (Å²) in [5.41, 5.74) is 7.88. The summed E-state index contributed by atoms with van der Waals surface area (Å²) in [6, 6.07) is 5.36. The van der Waals surface area contributed by atoms with E-state index in [1.807, 2.05) is 13.8 Å². The molecule has 0 saturated carbocycles. The molecule has 0 atom stereocenters. The first-order valence-electron chi connectivity index (χ1n) is 5.69. The molecule has 1 aromatic rings. The van der Waals surface area contributed by atoms with E-state index in [1.165, 1.54) is 0 Å². The number of benzene rings is 1. The lowest BCUT2D eigenvalue weighted by atomic mass is 10.1. The van der Waals surface area contributed by atoms with Gasteiger partial charge in [0.2, 0.25) is 0 Å². The van der Waals surface area contributed by atoms with Gasteiger partial charge in [0, 0.05) is 17.8 Å². The molecule has 1 aromatic carbocycles. The van der Waals surface area contributed by atoms with Crippen molar-refractivity contribution in [2.75, 3.05) is 18.8 Å². The van der Waals surface area contributed by atoms with Crippen molar-refractivity contribution >= 4 is 11.6 Å². The van der Waals surface area contributed by atoms with Gasteiger partial charge in [-0.1, -0.05) is 18.9 Å². The van der Waals surface area contributed by atoms with Crippen LogP contribution in [-0.4, -0.2) is 23.9 Å². The van der Waals surface area contributed by atoms with E-state index in [9.17, 15) is 4.79 Å². The molecule has 3 heteroatoms. The molecule has 1 rings (SSSR count). The van der Waals surface area contributed by atoms with Crippen LogP contribution in [0.3, 0.4) is 0 Å². The van der Waals surface area contributed by atoms with Gasteiger partial charge in [0.15, 0.2) is 0 Å². The fraction of sp³-hybridized carbons (Fsp3) is 0.357. The van der Waals surface area contributed by atoms with Gasteiger partial charge >= 0.3 is 0 Å². The van der Waals surface area contributed by atoms with Gasteiger partial charge in [0.1, 0.15) is 0 Å². The van der Waals surface area contributed by atoms with Crippen LogP contribution < -0.4 is 5.73 Å². The summed E-state index contributed by atoms with van der Waals surface area (Å²) in [6.45, 7) is 4.86. The van der Waals surface area contributed by atoms with E-state index in [0.717, 1.165) is 12.0 Å². The summed E-state index contributed by atoms with van der Waals surface area (Å²) in [5.74, 6) is 2.46. The number of hydrogen-bond acceptors (Lipinski definition) is 2. The van der Waals surface area contributed by atoms with Crippen molar-refractivity contribution < 1.29 is 4.79 Å². The smallest absolute Gasteiger partial charge is 0.254 e. The van der Waals surface area contributed by atoms with Crippen molar-refractivity contribution in [2.24, 2.45) is 0 Å². The lowest BCUT2D eigenvalue weighted by molar-refractivity contribution is 0.0776. The van der Waals surface area contributed by atoms with Crippen LogP contribution >= 0.6 is 0 Å². The Hall–Kier alpha value is -1.95. The van der Waals surface area contributed by atoms with Gasteiger partial charge in [-0.25, -0.2) is 0 Å². The highest BCUT2D eigenvalue weighted by Crippen LogP contribution is 2.17. The van der Waals surface area contributed by atoms with Crippen LogP contribution in [0.4, 0.5) is 5.69 Å². The van der Waals surface area contributed by atoms with Gasteiger partial charge in [-0.2, -0.15) is 0 Å². The van der Waals surface area contributed by atoms with E-state index < -0.39 is 0 Å². The van der Waals surface area contributed by atoms with Gasteiger partial charge in [-0.15, -0.1) is 6.42 Å². The molecule has 0 fully saturated rings. The number of carbonyl (C=O) groups excluding carboxylic acids is 1. The Bertz CT molecular complexity index is 446. The molecule has 0 aliphatic rings. The summed E-state index contributed by atoms with van der Waals surface area (Å²) >= 11 is 0. The van der Waals surface area contributed by atoms with Crippen molar-refractivity contribution in [1.82, 2.24) is 4.90 Å². The normalized spacial score (nSPS) is 9.71. The van der Waals surface area contributed by atoms with Crippen LogP contribution in [0, 0.1) is 19.3 Å². The summed E-state index contributed by atoms with van der Waals surface area (Å²) in [6.07, 6.45) is 6.16. The van der Waals surface area contributed by atoms with Crippen LogP contribution in [0.5, 0.6) is 0 Å². The van der Waals surface area contributed by atoms with Gasteiger partial charge in [0.05, 0.1) is 6.54 Å². The second kappa shape index (κ2) is 5.95. The first-order chi connectivity index (χ1) is 8.11. The van der Waals surface area contributed by atoms with Gasteiger partial charge < -0.3 is 10.6 Å². The van der Waals surface area contributed by atoms with Gasteiger partial charge in [-0.05, 0) is 31.0 Å². The fourth-order valence-electron chi connectivity index (χ4n) is 1.69. The van der Waals surface area contributed by atoms with Crippen LogP contribution in [-0.2, 0) is 0 Å². The lowest BCUT2D eigenvalue weighted by Gasteiger charge is -2.20. The molecule has 17 heavy (non-hydrogen) atoms. The Balaban J connectivity index is 3.01. The van der Waals surface area contributed by atoms with Crippen LogP contribution in [0.2, 0.25) is 0 Å². The second-order valence-corrected chi connectivity index (χ2v) is 3.95. The average molecular weight is 230 g/mol. The molecule has 1 amide bonds. The first-order valence-corrected chi connectivity index (χ1v) is 5.69. The molecule has 0 spiro atoms. The highest BCUT2D eigenvalue weighted by Gasteiger charge is 2.16. The number of anilines is 1. The second-order valence-electron chi connectivity index (χ2n) is 3.95. The minimum Gasteiger partial charge on any atom is -0.398 e. The Morgan fingerprint density at radius 2 is 2.24 bits per heavy atom. The molecule has 0 saturated heterocycles. The molecule has 0 heterocycles. The highest BCUT2D eigenvalue weighted by atomic mass is 16.2. The molecule has 0 aliphatic heterocycles. The monoisotopic (exact) mass is 230 g/mol. The Morgan fingerprint density at radius 3 is 2.82 bits per heavy atom. The van der Waals surface area contributed by atoms with Crippen LogP contribution in [0.15, 0.2) is 18.2 Å². The zero-order chi connectivity index (χ0) is 12.8. The number of nitrogens with zero attached hydrogens (tertiary/aromatic N) is 1. The molecule has 0 aromatic heterocycles. The Labute approximate surface area is 103 Å². The van der Waals surface area contributed by atoms with E-state index in [-0.39, 0.29) is 5.91 Å². The van der Waals surface area contributed by atoms with E-state index in [1.54, 1.807) is 23.1 Å². The fourth-order valence-corrected chi connectivity index (χ4v) is 1.69. The maximum absolute atomic E-state index is 12.3. The van der Waals surface area contributed by atoms with Gasteiger partial charge in [0.25, 0.3) is 5.91 Å². The molecule has 0 bridgehead atoms. The standard InChI is InChI=1S/C14H18N2O/c1-4-9-16(10-5-2)14(17)12-7-6-8-13(15)11(12)3/h1,6-8H,5,9-10,15H2,2-3H3. The highest BCUT2D eigenvalue weighted by molar-refractivity contribution is 5.97. The maximum atomic E-state index is 12.3.